The zero-order valence-corrected chi connectivity index (χ0v) is 13.2. The SMILES string of the molecule is CCNc1nc(-c2cccc(C)c2)nc(N(CC)CC)n1. The van der Waals surface area contributed by atoms with Gasteiger partial charge in [-0.3, -0.25) is 0 Å². The first kappa shape index (κ1) is 15.2. The molecule has 0 fully saturated rings. The van der Waals surface area contributed by atoms with Crippen molar-refractivity contribution in [3.63, 3.8) is 0 Å². The number of nitrogens with zero attached hydrogens (tertiary/aromatic N) is 4. The molecular formula is C16H23N5. The van der Waals surface area contributed by atoms with Crippen LogP contribution < -0.4 is 10.2 Å². The number of nitrogens with one attached hydrogen (secondary N) is 1. The lowest BCUT2D eigenvalue weighted by molar-refractivity contribution is 0.814. The molecule has 1 heterocycles. The van der Waals surface area contributed by atoms with Crippen molar-refractivity contribution < 1.29 is 0 Å². The van der Waals surface area contributed by atoms with E-state index in [1.807, 2.05) is 19.1 Å². The maximum atomic E-state index is 4.63. The third-order valence-electron chi connectivity index (χ3n) is 3.28. The summed E-state index contributed by atoms with van der Waals surface area (Å²) < 4.78 is 0. The van der Waals surface area contributed by atoms with E-state index in [4.69, 9.17) is 0 Å². The Labute approximate surface area is 126 Å². The Hall–Kier alpha value is -2.17. The lowest BCUT2D eigenvalue weighted by Crippen LogP contribution is -2.25. The van der Waals surface area contributed by atoms with Crippen LogP contribution in [0.25, 0.3) is 11.4 Å². The summed E-state index contributed by atoms with van der Waals surface area (Å²) in [6.07, 6.45) is 0. The molecule has 0 saturated carbocycles. The molecule has 0 aliphatic heterocycles. The summed E-state index contributed by atoms with van der Waals surface area (Å²) in [5.74, 6) is 2.07. The number of hydrogen-bond acceptors (Lipinski definition) is 5. The highest BCUT2D eigenvalue weighted by Crippen LogP contribution is 2.20. The lowest BCUT2D eigenvalue weighted by atomic mass is 10.1. The van der Waals surface area contributed by atoms with Crippen LogP contribution in [0.15, 0.2) is 24.3 Å². The van der Waals surface area contributed by atoms with Crippen LogP contribution in [0.1, 0.15) is 26.3 Å². The Balaban J connectivity index is 2.49. The smallest absolute Gasteiger partial charge is 0.230 e. The molecule has 0 saturated heterocycles. The van der Waals surface area contributed by atoms with Crippen LogP contribution in [0.3, 0.4) is 0 Å². The third-order valence-corrected chi connectivity index (χ3v) is 3.28. The normalized spacial score (nSPS) is 10.5. The van der Waals surface area contributed by atoms with Crippen LogP contribution in [0.2, 0.25) is 0 Å². The molecule has 5 nitrogen and oxygen atoms in total. The molecule has 1 aromatic heterocycles. The van der Waals surface area contributed by atoms with E-state index in [1.165, 1.54) is 5.56 Å². The van der Waals surface area contributed by atoms with E-state index in [0.29, 0.717) is 11.8 Å². The van der Waals surface area contributed by atoms with Crippen molar-refractivity contribution in [2.75, 3.05) is 29.9 Å². The average Bonchev–Trinajstić information content (AvgIpc) is 2.49. The van der Waals surface area contributed by atoms with Crippen LogP contribution in [-0.4, -0.2) is 34.6 Å². The Kier molecular flexibility index (Phi) is 5.09. The second-order valence-electron chi connectivity index (χ2n) is 4.85. The van der Waals surface area contributed by atoms with E-state index in [-0.39, 0.29) is 0 Å². The number of aryl methyl sites for hydroxylation is 1. The molecule has 21 heavy (non-hydrogen) atoms. The summed E-state index contributed by atoms with van der Waals surface area (Å²) in [5.41, 5.74) is 2.22. The molecule has 5 heteroatoms. The first-order chi connectivity index (χ1) is 10.2. The van der Waals surface area contributed by atoms with Crippen molar-refractivity contribution in [3.05, 3.63) is 29.8 Å². The van der Waals surface area contributed by atoms with Crippen molar-refractivity contribution >= 4 is 11.9 Å². The van der Waals surface area contributed by atoms with Gasteiger partial charge in [-0.2, -0.15) is 15.0 Å². The van der Waals surface area contributed by atoms with Gasteiger partial charge in [0.25, 0.3) is 0 Å². The molecule has 1 aromatic carbocycles. The quantitative estimate of drug-likeness (QED) is 0.883. The van der Waals surface area contributed by atoms with E-state index in [1.54, 1.807) is 0 Å². The minimum absolute atomic E-state index is 0.630. The maximum absolute atomic E-state index is 4.63. The van der Waals surface area contributed by atoms with Gasteiger partial charge in [-0.1, -0.05) is 23.8 Å². The van der Waals surface area contributed by atoms with E-state index in [2.05, 4.69) is 58.1 Å². The van der Waals surface area contributed by atoms with Gasteiger partial charge in [0, 0.05) is 25.2 Å². The summed E-state index contributed by atoms with van der Waals surface area (Å²) in [4.78, 5) is 15.8. The van der Waals surface area contributed by atoms with Crippen LogP contribution in [0.4, 0.5) is 11.9 Å². The van der Waals surface area contributed by atoms with Crippen molar-refractivity contribution in [2.45, 2.75) is 27.7 Å². The molecule has 0 aliphatic rings. The number of hydrogen-bond donors (Lipinski definition) is 1. The monoisotopic (exact) mass is 285 g/mol. The fourth-order valence-corrected chi connectivity index (χ4v) is 2.16. The van der Waals surface area contributed by atoms with E-state index >= 15 is 0 Å². The zero-order valence-electron chi connectivity index (χ0n) is 13.2. The number of rotatable bonds is 6. The van der Waals surface area contributed by atoms with Gasteiger partial charge >= 0.3 is 0 Å². The largest absolute Gasteiger partial charge is 0.354 e. The first-order valence-electron chi connectivity index (χ1n) is 7.49. The van der Waals surface area contributed by atoms with Crippen molar-refractivity contribution in [1.82, 2.24) is 15.0 Å². The van der Waals surface area contributed by atoms with E-state index in [9.17, 15) is 0 Å². The summed E-state index contributed by atoms with van der Waals surface area (Å²) in [6.45, 7) is 10.8. The second-order valence-corrected chi connectivity index (χ2v) is 4.85. The first-order valence-corrected chi connectivity index (χ1v) is 7.49. The minimum Gasteiger partial charge on any atom is -0.354 e. The van der Waals surface area contributed by atoms with Gasteiger partial charge in [0.2, 0.25) is 11.9 Å². The average molecular weight is 285 g/mol. The van der Waals surface area contributed by atoms with Gasteiger partial charge in [0.15, 0.2) is 5.82 Å². The molecule has 0 atom stereocenters. The Morgan fingerprint density at radius 2 is 1.81 bits per heavy atom. The highest BCUT2D eigenvalue weighted by Gasteiger charge is 2.12. The van der Waals surface area contributed by atoms with Crippen LogP contribution in [0, 0.1) is 6.92 Å². The molecular weight excluding hydrogens is 262 g/mol. The number of benzene rings is 1. The summed E-state index contributed by atoms with van der Waals surface area (Å²) in [7, 11) is 0. The van der Waals surface area contributed by atoms with Gasteiger partial charge in [0.05, 0.1) is 0 Å². The van der Waals surface area contributed by atoms with Crippen molar-refractivity contribution in [3.8, 4) is 11.4 Å². The summed E-state index contributed by atoms with van der Waals surface area (Å²) >= 11 is 0. The number of anilines is 2. The molecule has 2 aromatic rings. The Bertz CT molecular complexity index is 593. The van der Waals surface area contributed by atoms with Crippen LogP contribution >= 0.6 is 0 Å². The molecule has 112 valence electrons. The summed E-state index contributed by atoms with van der Waals surface area (Å²) in [6, 6.07) is 8.22. The summed E-state index contributed by atoms with van der Waals surface area (Å²) in [5, 5.41) is 3.19. The van der Waals surface area contributed by atoms with Crippen molar-refractivity contribution in [1.29, 1.82) is 0 Å². The molecule has 1 N–H and O–H groups in total. The Morgan fingerprint density at radius 1 is 1.05 bits per heavy atom. The fourth-order valence-electron chi connectivity index (χ4n) is 2.16. The molecule has 0 radical (unpaired) electrons. The molecule has 2 rings (SSSR count). The molecule has 0 bridgehead atoms. The van der Waals surface area contributed by atoms with Gasteiger partial charge in [0.1, 0.15) is 0 Å². The highest BCUT2D eigenvalue weighted by atomic mass is 15.3. The second kappa shape index (κ2) is 7.02. The van der Waals surface area contributed by atoms with Crippen LogP contribution in [-0.2, 0) is 0 Å². The molecule has 0 amide bonds. The van der Waals surface area contributed by atoms with Gasteiger partial charge in [-0.15, -0.1) is 0 Å². The third kappa shape index (κ3) is 3.68. The van der Waals surface area contributed by atoms with Crippen LogP contribution in [0.5, 0.6) is 0 Å². The lowest BCUT2D eigenvalue weighted by Gasteiger charge is -2.19. The maximum Gasteiger partial charge on any atom is 0.230 e. The number of aromatic nitrogens is 3. The van der Waals surface area contributed by atoms with E-state index in [0.717, 1.165) is 31.1 Å². The van der Waals surface area contributed by atoms with Gasteiger partial charge in [-0.25, -0.2) is 0 Å². The molecule has 0 unspecified atom stereocenters. The Morgan fingerprint density at radius 3 is 2.43 bits per heavy atom. The zero-order chi connectivity index (χ0) is 15.2. The van der Waals surface area contributed by atoms with Gasteiger partial charge in [-0.05, 0) is 33.8 Å². The molecule has 0 aliphatic carbocycles. The predicted molar refractivity (Wildman–Crippen MR) is 87.7 cm³/mol. The van der Waals surface area contributed by atoms with Gasteiger partial charge < -0.3 is 10.2 Å². The minimum atomic E-state index is 0.630. The fraction of sp³-hybridized carbons (Fsp3) is 0.438. The highest BCUT2D eigenvalue weighted by molar-refractivity contribution is 5.59. The molecule has 0 spiro atoms. The standard InChI is InChI=1S/C16H23N5/c1-5-17-15-18-14(13-10-8-9-12(4)11-13)19-16(20-15)21(6-2)7-3/h8-11H,5-7H2,1-4H3,(H,17,18,19,20). The van der Waals surface area contributed by atoms with E-state index < -0.39 is 0 Å². The topological polar surface area (TPSA) is 53.9 Å². The predicted octanol–water partition coefficient (Wildman–Crippen LogP) is 3.13. The van der Waals surface area contributed by atoms with Crippen molar-refractivity contribution in [2.24, 2.45) is 0 Å².